The number of amides is 1. The van der Waals surface area contributed by atoms with E-state index in [1.54, 1.807) is 0 Å². The molecule has 0 saturated carbocycles. The van der Waals surface area contributed by atoms with Crippen molar-refractivity contribution in [3.63, 3.8) is 0 Å². The van der Waals surface area contributed by atoms with Crippen molar-refractivity contribution in [3.8, 4) is 0 Å². The van der Waals surface area contributed by atoms with Crippen molar-refractivity contribution in [2.24, 2.45) is 0 Å². The minimum atomic E-state index is -0.0133. The third-order valence-corrected chi connectivity index (χ3v) is 4.37. The zero-order chi connectivity index (χ0) is 17.3. The van der Waals surface area contributed by atoms with Crippen LogP contribution in [-0.4, -0.2) is 10.9 Å². The molecule has 1 amide bonds. The van der Waals surface area contributed by atoms with Crippen molar-refractivity contribution in [2.45, 2.75) is 39.5 Å². The van der Waals surface area contributed by atoms with Gasteiger partial charge in [-0.05, 0) is 35.6 Å². The molecule has 3 nitrogen and oxygen atoms in total. The number of rotatable bonds is 3. The first-order chi connectivity index (χ1) is 11.4. The van der Waals surface area contributed by atoms with Crippen LogP contribution in [0.5, 0.6) is 0 Å². The number of carbonyl (C=O) groups excluding carboxylic acids is 1. The van der Waals surface area contributed by atoms with E-state index in [1.165, 1.54) is 0 Å². The highest BCUT2D eigenvalue weighted by Crippen LogP contribution is 2.29. The van der Waals surface area contributed by atoms with Gasteiger partial charge in [-0.3, -0.25) is 4.79 Å². The SMILES string of the molecule is Cc1[nH]c2ccccc2c1CC(=O)Nc1ccccc1C(C)(C)C. The van der Waals surface area contributed by atoms with Gasteiger partial charge in [0.2, 0.25) is 5.91 Å². The van der Waals surface area contributed by atoms with Crippen molar-refractivity contribution in [2.75, 3.05) is 5.32 Å². The number of carbonyl (C=O) groups is 1. The zero-order valence-electron chi connectivity index (χ0n) is 14.7. The van der Waals surface area contributed by atoms with Gasteiger partial charge in [0.1, 0.15) is 0 Å². The number of anilines is 1. The minimum Gasteiger partial charge on any atom is -0.358 e. The maximum absolute atomic E-state index is 12.6. The van der Waals surface area contributed by atoms with E-state index in [4.69, 9.17) is 0 Å². The molecule has 3 aromatic rings. The first-order valence-electron chi connectivity index (χ1n) is 8.32. The van der Waals surface area contributed by atoms with Gasteiger partial charge in [-0.1, -0.05) is 57.2 Å². The number of hydrogen-bond acceptors (Lipinski definition) is 1. The topological polar surface area (TPSA) is 44.9 Å². The van der Waals surface area contributed by atoms with E-state index in [2.05, 4.69) is 43.2 Å². The van der Waals surface area contributed by atoms with E-state index < -0.39 is 0 Å². The Balaban J connectivity index is 1.85. The predicted octanol–water partition coefficient (Wildman–Crippen LogP) is 4.96. The summed E-state index contributed by atoms with van der Waals surface area (Å²) < 4.78 is 0. The van der Waals surface area contributed by atoms with E-state index in [0.29, 0.717) is 6.42 Å². The molecule has 0 aliphatic rings. The second kappa shape index (κ2) is 6.16. The number of hydrogen-bond donors (Lipinski definition) is 2. The number of benzene rings is 2. The highest BCUT2D eigenvalue weighted by Gasteiger charge is 2.19. The van der Waals surface area contributed by atoms with E-state index in [1.807, 2.05) is 43.3 Å². The van der Waals surface area contributed by atoms with Crippen molar-refractivity contribution >= 4 is 22.5 Å². The van der Waals surface area contributed by atoms with Gasteiger partial charge in [0.15, 0.2) is 0 Å². The lowest BCUT2D eigenvalue weighted by molar-refractivity contribution is -0.115. The zero-order valence-corrected chi connectivity index (χ0v) is 14.7. The number of fused-ring (bicyclic) bond motifs is 1. The summed E-state index contributed by atoms with van der Waals surface area (Å²) in [5, 5.41) is 4.21. The van der Waals surface area contributed by atoms with Crippen LogP contribution in [0.15, 0.2) is 48.5 Å². The molecule has 1 heterocycles. The average Bonchev–Trinajstić information content (AvgIpc) is 2.83. The molecule has 0 atom stereocenters. The Labute approximate surface area is 143 Å². The number of H-pyrrole nitrogens is 1. The summed E-state index contributed by atoms with van der Waals surface area (Å²) >= 11 is 0. The maximum atomic E-state index is 12.6. The Bertz CT molecular complexity index is 884. The van der Waals surface area contributed by atoms with Gasteiger partial charge >= 0.3 is 0 Å². The summed E-state index contributed by atoms with van der Waals surface area (Å²) in [7, 11) is 0. The Morgan fingerprint density at radius 3 is 2.46 bits per heavy atom. The lowest BCUT2D eigenvalue weighted by atomic mass is 9.86. The number of aryl methyl sites for hydroxylation is 1. The molecule has 0 fully saturated rings. The molecule has 0 bridgehead atoms. The minimum absolute atomic E-state index is 0.0133. The third-order valence-electron chi connectivity index (χ3n) is 4.37. The van der Waals surface area contributed by atoms with Gasteiger partial charge in [-0.25, -0.2) is 0 Å². The standard InChI is InChI=1S/C21H24N2O/c1-14-16(15-9-5-7-11-18(15)22-14)13-20(24)23-19-12-8-6-10-17(19)21(2,3)4/h5-12,22H,13H2,1-4H3,(H,23,24). The van der Waals surface area contributed by atoms with E-state index in [-0.39, 0.29) is 11.3 Å². The molecular formula is C21H24N2O. The van der Waals surface area contributed by atoms with Crippen LogP contribution in [0.4, 0.5) is 5.69 Å². The average molecular weight is 320 g/mol. The fraction of sp³-hybridized carbons (Fsp3) is 0.286. The van der Waals surface area contributed by atoms with Gasteiger partial charge in [-0.2, -0.15) is 0 Å². The molecule has 0 saturated heterocycles. The summed E-state index contributed by atoms with van der Waals surface area (Å²) in [6.07, 6.45) is 0.369. The number of para-hydroxylation sites is 2. The van der Waals surface area contributed by atoms with Crippen LogP contribution >= 0.6 is 0 Å². The quantitative estimate of drug-likeness (QED) is 0.704. The Kier molecular flexibility index (Phi) is 4.18. The van der Waals surface area contributed by atoms with Gasteiger partial charge < -0.3 is 10.3 Å². The molecule has 0 spiro atoms. The molecule has 0 radical (unpaired) electrons. The van der Waals surface area contributed by atoms with Crippen LogP contribution in [-0.2, 0) is 16.6 Å². The second-order valence-electron chi connectivity index (χ2n) is 7.29. The molecule has 0 aliphatic heterocycles. The molecule has 1 aromatic heterocycles. The second-order valence-corrected chi connectivity index (χ2v) is 7.29. The number of aromatic nitrogens is 1. The normalized spacial score (nSPS) is 11.7. The summed E-state index contributed by atoms with van der Waals surface area (Å²) in [5.41, 5.74) is 5.22. The Morgan fingerprint density at radius 2 is 1.71 bits per heavy atom. The predicted molar refractivity (Wildman–Crippen MR) is 101 cm³/mol. The lowest BCUT2D eigenvalue weighted by Crippen LogP contribution is -2.20. The fourth-order valence-electron chi connectivity index (χ4n) is 3.16. The number of aromatic amines is 1. The van der Waals surface area contributed by atoms with Crippen LogP contribution < -0.4 is 5.32 Å². The lowest BCUT2D eigenvalue weighted by Gasteiger charge is -2.23. The molecule has 124 valence electrons. The van der Waals surface area contributed by atoms with Crippen LogP contribution in [0.25, 0.3) is 10.9 Å². The van der Waals surface area contributed by atoms with E-state index >= 15 is 0 Å². The molecule has 2 aromatic carbocycles. The molecule has 0 aliphatic carbocycles. The maximum Gasteiger partial charge on any atom is 0.228 e. The smallest absolute Gasteiger partial charge is 0.228 e. The van der Waals surface area contributed by atoms with Crippen molar-refractivity contribution in [1.82, 2.24) is 4.98 Å². The largest absolute Gasteiger partial charge is 0.358 e. The molecule has 2 N–H and O–H groups in total. The summed E-state index contributed by atoms with van der Waals surface area (Å²) in [6.45, 7) is 8.48. The molecular weight excluding hydrogens is 296 g/mol. The number of nitrogens with one attached hydrogen (secondary N) is 2. The van der Waals surface area contributed by atoms with E-state index in [9.17, 15) is 4.79 Å². The van der Waals surface area contributed by atoms with Crippen molar-refractivity contribution < 1.29 is 4.79 Å². The Morgan fingerprint density at radius 1 is 1.04 bits per heavy atom. The monoisotopic (exact) mass is 320 g/mol. The van der Waals surface area contributed by atoms with Crippen LogP contribution in [0, 0.1) is 6.92 Å². The van der Waals surface area contributed by atoms with Crippen LogP contribution in [0.1, 0.15) is 37.6 Å². The van der Waals surface area contributed by atoms with Crippen molar-refractivity contribution in [3.05, 3.63) is 65.4 Å². The fourth-order valence-corrected chi connectivity index (χ4v) is 3.16. The van der Waals surface area contributed by atoms with Crippen LogP contribution in [0.2, 0.25) is 0 Å². The van der Waals surface area contributed by atoms with Gasteiger partial charge in [0, 0.05) is 22.3 Å². The summed E-state index contributed by atoms with van der Waals surface area (Å²) in [4.78, 5) is 16.0. The van der Waals surface area contributed by atoms with Gasteiger partial charge in [0.25, 0.3) is 0 Å². The highest BCUT2D eigenvalue weighted by molar-refractivity contribution is 5.97. The Hall–Kier alpha value is -2.55. The van der Waals surface area contributed by atoms with Gasteiger partial charge in [-0.15, -0.1) is 0 Å². The first kappa shape index (κ1) is 16.3. The van der Waals surface area contributed by atoms with E-state index in [0.717, 1.165) is 33.4 Å². The summed E-state index contributed by atoms with van der Waals surface area (Å²) in [5.74, 6) is 0.0135. The first-order valence-corrected chi connectivity index (χ1v) is 8.32. The summed E-state index contributed by atoms with van der Waals surface area (Å²) in [6, 6.07) is 16.1. The molecule has 3 heteroatoms. The molecule has 24 heavy (non-hydrogen) atoms. The van der Waals surface area contributed by atoms with Crippen LogP contribution in [0.3, 0.4) is 0 Å². The van der Waals surface area contributed by atoms with Crippen molar-refractivity contribution in [1.29, 1.82) is 0 Å². The highest BCUT2D eigenvalue weighted by atomic mass is 16.1. The third kappa shape index (κ3) is 3.21. The van der Waals surface area contributed by atoms with Gasteiger partial charge in [0.05, 0.1) is 6.42 Å². The molecule has 0 unspecified atom stereocenters. The molecule has 3 rings (SSSR count).